The van der Waals surface area contributed by atoms with Crippen molar-refractivity contribution in [3.63, 3.8) is 0 Å². The molecule has 0 saturated heterocycles. The molecule has 0 unspecified atom stereocenters. The van der Waals surface area contributed by atoms with Gasteiger partial charge in [-0.15, -0.1) is 0 Å². The van der Waals surface area contributed by atoms with Gasteiger partial charge in [0.25, 0.3) is 0 Å². The van der Waals surface area contributed by atoms with Crippen LogP contribution in [0.5, 0.6) is 5.75 Å². The van der Waals surface area contributed by atoms with E-state index >= 15 is 0 Å². The molecular weight excluding hydrogens is 511 g/mol. The number of nitrogens with zero attached hydrogens (tertiary/aromatic N) is 2. The second-order valence-corrected chi connectivity index (χ2v) is 10.6. The molecule has 0 spiro atoms. The number of rotatable bonds is 12. The Balaban J connectivity index is 1.40. The number of ether oxygens (including phenoxy) is 1. The lowest BCUT2D eigenvalue weighted by Crippen LogP contribution is -2.36. The zero-order valence-electron chi connectivity index (χ0n) is 20.7. The Hall–Kier alpha value is -4.02. The predicted octanol–water partition coefficient (Wildman–Crippen LogP) is 4.83. The molecule has 1 heterocycles. The van der Waals surface area contributed by atoms with Crippen LogP contribution in [0.2, 0.25) is 0 Å². The molecule has 3 aromatic carbocycles. The zero-order chi connectivity index (χ0) is 27.1. The van der Waals surface area contributed by atoms with Gasteiger partial charge in [0.05, 0.1) is 18.1 Å². The highest BCUT2D eigenvalue weighted by Gasteiger charge is 2.25. The van der Waals surface area contributed by atoms with E-state index in [4.69, 9.17) is 9.15 Å². The van der Waals surface area contributed by atoms with E-state index in [1.54, 1.807) is 24.3 Å². The summed E-state index contributed by atoms with van der Waals surface area (Å²) in [7, 11) is -4.00. The van der Waals surface area contributed by atoms with Crippen LogP contribution < -0.4 is 4.74 Å². The Labute approximate surface area is 220 Å². The first kappa shape index (κ1) is 27.0. The van der Waals surface area contributed by atoms with Crippen LogP contribution in [0.3, 0.4) is 0 Å². The summed E-state index contributed by atoms with van der Waals surface area (Å²) in [5, 5.41) is 9.31. The Kier molecular flexibility index (Phi) is 8.55. The van der Waals surface area contributed by atoms with Gasteiger partial charge in [-0.1, -0.05) is 42.5 Å². The number of benzene rings is 3. The smallest absolute Gasteiger partial charge is 0.318 e. The number of sulfonamides is 1. The number of carbonyl (C=O) groups is 1. The lowest BCUT2D eigenvalue weighted by Gasteiger charge is -2.21. The third kappa shape index (κ3) is 7.27. The highest BCUT2D eigenvalue weighted by Crippen LogP contribution is 2.23. The van der Waals surface area contributed by atoms with Crippen LogP contribution in [-0.2, 0) is 33.5 Å². The van der Waals surface area contributed by atoms with Gasteiger partial charge in [-0.3, -0.25) is 4.79 Å². The van der Waals surface area contributed by atoms with Crippen molar-refractivity contribution in [2.75, 3.05) is 13.2 Å². The Morgan fingerprint density at radius 3 is 2.47 bits per heavy atom. The van der Waals surface area contributed by atoms with Crippen molar-refractivity contribution in [1.82, 2.24) is 9.29 Å². The molecule has 0 aliphatic rings. The normalized spacial score (nSPS) is 11.6. The number of aliphatic carboxylic acids is 1. The molecule has 0 fully saturated rings. The lowest BCUT2D eigenvalue weighted by molar-refractivity contribution is -0.137. The van der Waals surface area contributed by atoms with E-state index in [0.29, 0.717) is 41.6 Å². The van der Waals surface area contributed by atoms with Gasteiger partial charge in [-0.25, -0.2) is 17.8 Å². The molecule has 4 rings (SSSR count). The molecule has 10 heteroatoms. The Bertz CT molecular complexity index is 1490. The fourth-order valence-corrected chi connectivity index (χ4v) is 5.30. The summed E-state index contributed by atoms with van der Waals surface area (Å²) in [5.41, 5.74) is 2.59. The molecule has 4 aromatic rings. The van der Waals surface area contributed by atoms with Gasteiger partial charge in [0.2, 0.25) is 15.9 Å². The molecule has 0 radical (unpaired) electrons. The van der Waals surface area contributed by atoms with Gasteiger partial charge < -0.3 is 14.3 Å². The average Bonchev–Trinajstić information content (AvgIpc) is 3.26. The topological polar surface area (TPSA) is 110 Å². The molecule has 38 heavy (non-hydrogen) atoms. The van der Waals surface area contributed by atoms with Gasteiger partial charge in [0, 0.05) is 18.5 Å². The fourth-order valence-electron chi connectivity index (χ4n) is 3.85. The molecule has 198 valence electrons. The van der Waals surface area contributed by atoms with Crippen LogP contribution in [-0.4, -0.2) is 41.9 Å². The molecule has 0 saturated carbocycles. The highest BCUT2D eigenvalue weighted by atomic mass is 32.2. The Morgan fingerprint density at radius 1 is 1.03 bits per heavy atom. The van der Waals surface area contributed by atoms with Crippen molar-refractivity contribution in [3.05, 3.63) is 107 Å². The van der Waals surface area contributed by atoms with E-state index < -0.39 is 34.1 Å². The number of hydrogen-bond donors (Lipinski definition) is 1. The molecule has 0 aliphatic carbocycles. The number of hydrogen-bond acceptors (Lipinski definition) is 6. The maximum Gasteiger partial charge on any atom is 0.318 e. The summed E-state index contributed by atoms with van der Waals surface area (Å²) in [4.78, 5) is 16.0. The van der Waals surface area contributed by atoms with Gasteiger partial charge >= 0.3 is 5.97 Å². The molecule has 1 N–H and O–H groups in total. The molecule has 0 aliphatic heterocycles. The van der Waals surface area contributed by atoms with Crippen LogP contribution in [0.1, 0.15) is 22.6 Å². The SMILES string of the molecule is Cc1oc(-c2ccccc2)nc1CCOc1cccc(CN(CC(=O)O)S(=O)(=O)Cc2ccc(F)cc2)c1. The molecule has 1 aromatic heterocycles. The van der Waals surface area contributed by atoms with Gasteiger partial charge in [-0.2, -0.15) is 4.31 Å². The molecule has 0 bridgehead atoms. The van der Waals surface area contributed by atoms with E-state index in [2.05, 4.69) is 4.98 Å². The summed E-state index contributed by atoms with van der Waals surface area (Å²) in [6.45, 7) is 1.30. The van der Waals surface area contributed by atoms with Crippen LogP contribution in [0.4, 0.5) is 4.39 Å². The summed E-state index contributed by atoms with van der Waals surface area (Å²) < 4.78 is 51.7. The fraction of sp³-hybridized carbons (Fsp3) is 0.214. The van der Waals surface area contributed by atoms with Crippen LogP contribution >= 0.6 is 0 Å². The van der Waals surface area contributed by atoms with Crippen molar-refractivity contribution in [2.24, 2.45) is 0 Å². The average molecular weight is 539 g/mol. The largest absolute Gasteiger partial charge is 0.493 e. The molecule has 8 nitrogen and oxygen atoms in total. The lowest BCUT2D eigenvalue weighted by atomic mass is 10.2. The first-order valence-corrected chi connectivity index (χ1v) is 13.5. The summed E-state index contributed by atoms with van der Waals surface area (Å²) >= 11 is 0. The summed E-state index contributed by atoms with van der Waals surface area (Å²) in [6, 6.07) is 21.5. The minimum atomic E-state index is -4.00. The monoisotopic (exact) mass is 538 g/mol. The maximum atomic E-state index is 13.2. The zero-order valence-corrected chi connectivity index (χ0v) is 21.5. The predicted molar refractivity (Wildman–Crippen MR) is 139 cm³/mol. The number of oxazole rings is 1. The van der Waals surface area contributed by atoms with Crippen molar-refractivity contribution in [1.29, 1.82) is 0 Å². The summed E-state index contributed by atoms with van der Waals surface area (Å²) in [6.07, 6.45) is 0.504. The number of carboxylic acid groups (broad SMARTS) is 1. The maximum absolute atomic E-state index is 13.2. The van der Waals surface area contributed by atoms with Gasteiger partial charge in [-0.05, 0) is 54.4 Å². The highest BCUT2D eigenvalue weighted by molar-refractivity contribution is 7.88. The third-order valence-corrected chi connectivity index (χ3v) is 7.49. The van der Waals surface area contributed by atoms with Crippen molar-refractivity contribution in [3.8, 4) is 17.2 Å². The van der Waals surface area contributed by atoms with Crippen LogP contribution in [0, 0.1) is 12.7 Å². The van der Waals surface area contributed by atoms with E-state index in [0.717, 1.165) is 27.7 Å². The molecule has 0 atom stereocenters. The Morgan fingerprint density at radius 2 is 1.76 bits per heavy atom. The van der Waals surface area contributed by atoms with E-state index in [-0.39, 0.29) is 6.54 Å². The second-order valence-electron chi connectivity index (χ2n) is 8.68. The van der Waals surface area contributed by atoms with Crippen molar-refractivity contribution in [2.45, 2.75) is 25.6 Å². The first-order valence-electron chi connectivity index (χ1n) is 11.9. The molecular formula is C28H27FN2O6S. The van der Waals surface area contributed by atoms with E-state index in [1.807, 2.05) is 37.3 Å². The van der Waals surface area contributed by atoms with Gasteiger partial charge in [0.1, 0.15) is 23.9 Å². The standard InChI is InChI=1S/C28H27FN2O6S/c1-20-26(30-28(37-20)23-7-3-2-4-8-23)14-15-36-25-9-5-6-22(16-25)17-31(18-27(32)33)38(34,35)19-21-10-12-24(29)13-11-21/h2-13,16H,14-15,17-19H2,1H3,(H,32,33). The minimum absolute atomic E-state index is 0.157. The first-order chi connectivity index (χ1) is 18.2. The quantitative estimate of drug-likeness (QED) is 0.275. The number of carboxylic acids is 1. The van der Waals surface area contributed by atoms with Crippen LogP contribution in [0.15, 0.2) is 83.3 Å². The van der Waals surface area contributed by atoms with Crippen molar-refractivity contribution >= 4 is 16.0 Å². The van der Waals surface area contributed by atoms with Crippen LogP contribution in [0.25, 0.3) is 11.5 Å². The summed E-state index contributed by atoms with van der Waals surface area (Å²) in [5.74, 6) is -0.451. The minimum Gasteiger partial charge on any atom is -0.493 e. The second kappa shape index (κ2) is 12.0. The van der Waals surface area contributed by atoms with E-state index in [1.165, 1.54) is 12.1 Å². The van der Waals surface area contributed by atoms with Gasteiger partial charge in [0.15, 0.2) is 0 Å². The number of halogens is 1. The number of aryl methyl sites for hydroxylation is 1. The van der Waals surface area contributed by atoms with E-state index in [9.17, 15) is 22.7 Å². The van der Waals surface area contributed by atoms with Crippen molar-refractivity contribution < 1.29 is 31.9 Å². The third-order valence-electron chi connectivity index (χ3n) is 5.75. The molecule has 0 amide bonds. The number of aromatic nitrogens is 1.